The summed E-state index contributed by atoms with van der Waals surface area (Å²) in [6, 6.07) is -0.291. The number of hydrogen-bond donors (Lipinski definition) is 1. The van der Waals surface area contributed by atoms with Crippen molar-refractivity contribution in [3.8, 4) is 0 Å². The lowest BCUT2D eigenvalue weighted by Crippen LogP contribution is -2.44. The number of hydrogen-bond acceptors (Lipinski definition) is 4. The van der Waals surface area contributed by atoms with E-state index in [9.17, 15) is 4.79 Å². The van der Waals surface area contributed by atoms with Gasteiger partial charge in [-0.15, -0.1) is 12.4 Å². The van der Waals surface area contributed by atoms with E-state index in [0.717, 1.165) is 37.4 Å². The van der Waals surface area contributed by atoms with Crippen molar-refractivity contribution >= 4 is 41.8 Å². The zero-order valence-corrected chi connectivity index (χ0v) is 12.1. The molecule has 0 aromatic carbocycles. The first-order valence-electron chi connectivity index (χ1n) is 5.36. The quantitative estimate of drug-likeness (QED) is 0.849. The van der Waals surface area contributed by atoms with E-state index >= 15 is 0 Å². The molecule has 1 atom stereocenters. The van der Waals surface area contributed by atoms with Gasteiger partial charge in [-0.25, -0.2) is 0 Å². The third-order valence-electron chi connectivity index (χ3n) is 2.48. The van der Waals surface area contributed by atoms with Gasteiger partial charge in [-0.05, 0) is 30.6 Å². The van der Waals surface area contributed by atoms with Gasteiger partial charge in [0.2, 0.25) is 5.91 Å². The largest absolute Gasteiger partial charge is 0.340 e. The molecule has 3 nitrogen and oxygen atoms in total. The Balaban J connectivity index is 0.00000225. The second kappa shape index (κ2) is 9.45. The van der Waals surface area contributed by atoms with Crippen molar-refractivity contribution in [3.63, 3.8) is 0 Å². The second-order valence-electron chi connectivity index (χ2n) is 3.68. The van der Waals surface area contributed by atoms with E-state index in [1.807, 2.05) is 22.9 Å². The fourth-order valence-electron chi connectivity index (χ4n) is 1.57. The monoisotopic (exact) mass is 284 g/mol. The first-order valence-corrected chi connectivity index (χ1v) is 7.91. The molecule has 1 aliphatic rings. The highest BCUT2D eigenvalue weighted by molar-refractivity contribution is 7.99. The number of rotatable bonds is 4. The molecule has 1 unspecified atom stereocenters. The summed E-state index contributed by atoms with van der Waals surface area (Å²) < 4.78 is 0. The SMILES string of the molecule is CSCCC(N)C(=O)N1CCCSCC1.Cl. The average Bonchev–Trinajstić information content (AvgIpc) is 2.53. The maximum atomic E-state index is 11.9. The number of thioether (sulfide) groups is 2. The van der Waals surface area contributed by atoms with Gasteiger partial charge in [-0.1, -0.05) is 0 Å². The molecule has 0 bridgehead atoms. The molecule has 16 heavy (non-hydrogen) atoms. The minimum Gasteiger partial charge on any atom is -0.340 e. The fourth-order valence-corrected chi connectivity index (χ4v) is 2.95. The van der Waals surface area contributed by atoms with E-state index in [-0.39, 0.29) is 24.4 Å². The van der Waals surface area contributed by atoms with Crippen LogP contribution in [-0.4, -0.2) is 53.5 Å². The van der Waals surface area contributed by atoms with Crippen LogP contribution < -0.4 is 5.73 Å². The summed E-state index contributed by atoms with van der Waals surface area (Å²) in [6.45, 7) is 1.76. The summed E-state index contributed by atoms with van der Waals surface area (Å²) in [5.74, 6) is 3.34. The molecule has 0 saturated carbocycles. The lowest BCUT2D eigenvalue weighted by molar-refractivity contribution is -0.132. The normalized spacial score (nSPS) is 18.5. The molecule has 1 fully saturated rings. The van der Waals surface area contributed by atoms with Crippen molar-refractivity contribution in [2.24, 2.45) is 5.73 Å². The Kier molecular flexibility index (Phi) is 9.70. The Morgan fingerprint density at radius 3 is 2.94 bits per heavy atom. The standard InChI is InChI=1S/C10H20N2OS2.ClH/c1-14-7-3-9(11)10(13)12-4-2-6-15-8-5-12;/h9H,2-8,11H2,1H3;1H. The Labute approximate surface area is 113 Å². The van der Waals surface area contributed by atoms with E-state index in [1.165, 1.54) is 5.75 Å². The van der Waals surface area contributed by atoms with Gasteiger partial charge in [0, 0.05) is 18.8 Å². The molecule has 1 saturated heterocycles. The number of carbonyl (C=O) groups excluding carboxylic acids is 1. The van der Waals surface area contributed by atoms with Gasteiger partial charge in [0.15, 0.2) is 0 Å². The molecular formula is C10H21ClN2OS2. The Hall–Kier alpha value is 0.420. The molecule has 1 aliphatic heterocycles. The van der Waals surface area contributed by atoms with Gasteiger partial charge in [-0.3, -0.25) is 4.79 Å². The smallest absolute Gasteiger partial charge is 0.239 e. The van der Waals surface area contributed by atoms with E-state index in [4.69, 9.17) is 5.73 Å². The molecule has 0 aromatic rings. The zero-order chi connectivity index (χ0) is 11.1. The van der Waals surface area contributed by atoms with Gasteiger partial charge in [-0.2, -0.15) is 23.5 Å². The molecule has 96 valence electrons. The van der Waals surface area contributed by atoms with Crippen LogP contribution in [0.5, 0.6) is 0 Å². The Morgan fingerprint density at radius 2 is 2.25 bits per heavy atom. The highest BCUT2D eigenvalue weighted by Crippen LogP contribution is 2.11. The second-order valence-corrected chi connectivity index (χ2v) is 5.89. The first-order chi connectivity index (χ1) is 7.25. The summed E-state index contributed by atoms with van der Waals surface area (Å²) >= 11 is 3.67. The molecule has 1 amide bonds. The van der Waals surface area contributed by atoms with Crippen LogP contribution in [0.2, 0.25) is 0 Å². The molecule has 0 aromatic heterocycles. The molecular weight excluding hydrogens is 264 g/mol. The highest BCUT2D eigenvalue weighted by atomic mass is 35.5. The van der Waals surface area contributed by atoms with E-state index in [0.29, 0.717) is 0 Å². The van der Waals surface area contributed by atoms with Gasteiger partial charge in [0.25, 0.3) is 0 Å². The predicted octanol–water partition coefficient (Wildman–Crippen LogP) is 1.45. The Bertz CT molecular complexity index is 199. The summed E-state index contributed by atoms with van der Waals surface area (Å²) in [7, 11) is 0. The van der Waals surface area contributed by atoms with Gasteiger partial charge < -0.3 is 10.6 Å². The van der Waals surface area contributed by atoms with Gasteiger partial charge in [0.1, 0.15) is 0 Å². The van der Waals surface area contributed by atoms with E-state index in [2.05, 4.69) is 0 Å². The average molecular weight is 285 g/mol. The number of nitrogens with zero attached hydrogens (tertiary/aromatic N) is 1. The number of nitrogens with two attached hydrogens (primary N) is 1. The van der Waals surface area contributed by atoms with E-state index < -0.39 is 0 Å². The van der Waals surface area contributed by atoms with Crippen LogP contribution >= 0.6 is 35.9 Å². The minimum atomic E-state index is -0.291. The maximum Gasteiger partial charge on any atom is 0.239 e. The predicted molar refractivity (Wildman–Crippen MR) is 76.7 cm³/mol. The van der Waals surface area contributed by atoms with Crippen LogP contribution in [0, 0.1) is 0 Å². The Morgan fingerprint density at radius 1 is 1.50 bits per heavy atom. The lowest BCUT2D eigenvalue weighted by atomic mass is 10.2. The number of amides is 1. The number of carbonyl (C=O) groups is 1. The first kappa shape index (κ1) is 16.4. The van der Waals surface area contributed by atoms with Crippen LogP contribution in [0.4, 0.5) is 0 Å². The summed E-state index contributed by atoms with van der Waals surface area (Å²) in [6.07, 6.45) is 3.94. The molecule has 6 heteroatoms. The third-order valence-corrected chi connectivity index (χ3v) is 4.18. The maximum absolute atomic E-state index is 11.9. The van der Waals surface area contributed by atoms with Crippen molar-refractivity contribution in [1.29, 1.82) is 0 Å². The minimum absolute atomic E-state index is 0. The summed E-state index contributed by atoms with van der Waals surface area (Å²) in [5, 5.41) is 0. The molecule has 1 rings (SSSR count). The van der Waals surface area contributed by atoms with Crippen molar-refractivity contribution in [2.45, 2.75) is 18.9 Å². The molecule has 2 N–H and O–H groups in total. The fraction of sp³-hybridized carbons (Fsp3) is 0.900. The topological polar surface area (TPSA) is 46.3 Å². The lowest BCUT2D eigenvalue weighted by Gasteiger charge is -2.23. The van der Waals surface area contributed by atoms with Crippen LogP contribution in [0.1, 0.15) is 12.8 Å². The molecule has 1 heterocycles. The van der Waals surface area contributed by atoms with Crippen LogP contribution in [-0.2, 0) is 4.79 Å². The highest BCUT2D eigenvalue weighted by Gasteiger charge is 2.21. The zero-order valence-electron chi connectivity index (χ0n) is 9.68. The summed E-state index contributed by atoms with van der Waals surface area (Å²) in [5.41, 5.74) is 5.87. The van der Waals surface area contributed by atoms with Crippen molar-refractivity contribution in [1.82, 2.24) is 4.90 Å². The van der Waals surface area contributed by atoms with Gasteiger partial charge in [0.05, 0.1) is 6.04 Å². The number of halogens is 1. The van der Waals surface area contributed by atoms with Crippen molar-refractivity contribution in [2.75, 3.05) is 36.6 Å². The van der Waals surface area contributed by atoms with Crippen LogP contribution in [0.15, 0.2) is 0 Å². The van der Waals surface area contributed by atoms with Crippen LogP contribution in [0.3, 0.4) is 0 Å². The van der Waals surface area contributed by atoms with Crippen molar-refractivity contribution < 1.29 is 4.79 Å². The van der Waals surface area contributed by atoms with Crippen LogP contribution in [0.25, 0.3) is 0 Å². The molecule has 0 aliphatic carbocycles. The third kappa shape index (κ3) is 5.66. The van der Waals surface area contributed by atoms with Gasteiger partial charge >= 0.3 is 0 Å². The van der Waals surface area contributed by atoms with E-state index in [1.54, 1.807) is 11.8 Å². The summed E-state index contributed by atoms with van der Waals surface area (Å²) in [4.78, 5) is 13.9. The molecule has 0 radical (unpaired) electrons. The molecule has 0 spiro atoms. The van der Waals surface area contributed by atoms with Crippen molar-refractivity contribution in [3.05, 3.63) is 0 Å².